The molecular formula is C11H7ClF5N3. The van der Waals surface area contributed by atoms with Crippen molar-refractivity contribution < 1.29 is 22.0 Å². The smallest absolute Gasteiger partial charge is 0.200 e. The molecule has 0 radical (unpaired) electrons. The number of halogens is 6. The molecular weight excluding hydrogens is 305 g/mol. The Bertz CT molecular complexity index is 614. The van der Waals surface area contributed by atoms with Crippen LogP contribution in [0.4, 0.5) is 22.0 Å². The molecule has 0 spiro atoms. The lowest BCUT2D eigenvalue weighted by Gasteiger charge is -2.06. The molecule has 1 aromatic carbocycles. The second kappa shape index (κ2) is 5.74. The van der Waals surface area contributed by atoms with Gasteiger partial charge in [-0.1, -0.05) is 5.21 Å². The number of benzene rings is 1. The summed E-state index contributed by atoms with van der Waals surface area (Å²) in [7, 11) is 0. The summed E-state index contributed by atoms with van der Waals surface area (Å²) in [6.45, 7) is 0. The Morgan fingerprint density at radius 3 is 2.05 bits per heavy atom. The van der Waals surface area contributed by atoms with E-state index in [0.717, 1.165) is 6.20 Å². The van der Waals surface area contributed by atoms with Crippen molar-refractivity contribution in [3.63, 3.8) is 0 Å². The third kappa shape index (κ3) is 2.47. The fraction of sp³-hybridized carbons (Fsp3) is 0.273. The quantitative estimate of drug-likeness (QED) is 0.376. The highest BCUT2D eigenvalue weighted by Crippen LogP contribution is 2.25. The van der Waals surface area contributed by atoms with Gasteiger partial charge in [0.15, 0.2) is 23.3 Å². The van der Waals surface area contributed by atoms with Crippen molar-refractivity contribution >= 4 is 11.6 Å². The first kappa shape index (κ1) is 14.7. The molecule has 2 aromatic rings. The van der Waals surface area contributed by atoms with Crippen molar-refractivity contribution in [2.75, 3.05) is 5.88 Å². The van der Waals surface area contributed by atoms with Gasteiger partial charge in [0, 0.05) is 5.88 Å². The minimum absolute atomic E-state index is 0.328. The highest BCUT2D eigenvalue weighted by molar-refractivity contribution is 6.17. The average Bonchev–Trinajstić information content (AvgIpc) is 2.89. The number of aryl methyl sites for hydroxylation is 1. The van der Waals surface area contributed by atoms with E-state index in [0.29, 0.717) is 29.1 Å². The summed E-state index contributed by atoms with van der Waals surface area (Å²) in [5.74, 6) is -9.86. The van der Waals surface area contributed by atoms with Gasteiger partial charge in [0.2, 0.25) is 5.82 Å². The lowest BCUT2D eigenvalue weighted by molar-refractivity contribution is 0.373. The highest BCUT2D eigenvalue weighted by Gasteiger charge is 2.27. The molecule has 0 fully saturated rings. The standard InChI is InChI=1S/C11H7ClF5N3/c12-3-1-2-5-4-20(19-18-5)11-9(16)7(14)6(13)8(15)10(11)17/h4H,1-3H2. The summed E-state index contributed by atoms with van der Waals surface area (Å²) < 4.78 is 66.6. The van der Waals surface area contributed by atoms with Crippen LogP contribution < -0.4 is 0 Å². The molecule has 1 aromatic heterocycles. The lowest BCUT2D eigenvalue weighted by atomic mass is 10.2. The summed E-state index contributed by atoms with van der Waals surface area (Å²) in [6, 6.07) is 0. The molecule has 0 aliphatic carbocycles. The van der Waals surface area contributed by atoms with Crippen molar-refractivity contribution in [3.8, 4) is 5.69 Å². The maximum absolute atomic E-state index is 13.5. The van der Waals surface area contributed by atoms with Gasteiger partial charge in [-0.25, -0.2) is 26.6 Å². The van der Waals surface area contributed by atoms with Crippen molar-refractivity contribution in [2.45, 2.75) is 12.8 Å². The molecule has 108 valence electrons. The zero-order chi connectivity index (χ0) is 14.9. The SMILES string of the molecule is Fc1c(F)c(F)c(-n2cc(CCCCl)nn2)c(F)c1F. The number of aromatic nitrogens is 3. The van der Waals surface area contributed by atoms with Gasteiger partial charge in [0.1, 0.15) is 5.69 Å². The maximum atomic E-state index is 13.5. The van der Waals surface area contributed by atoms with Crippen LogP contribution >= 0.6 is 11.6 Å². The maximum Gasteiger partial charge on any atom is 0.200 e. The lowest BCUT2D eigenvalue weighted by Crippen LogP contribution is -2.10. The van der Waals surface area contributed by atoms with Gasteiger partial charge in [-0.15, -0.1) is 16.7 Å². The van der Waals surface area contributed by atoms with Crippen LogP contribution in [0.15, 0.2) is 6.20 Å². The van der Waals surface area contributed by atoms with Gasteiger partial charge in [-0.3, -0.25) is 0 Å². The molecule has 0 unspecified atom stereocenters. The van der Waals surface area contributed by atoms with Crippen molar-refractivity contribution in [1.82, 2.24) is 15.0 Å². The zero-order valence-corrected chi connectivity index (χ0v) is 10.6. The minimum Gasteiger partial charge on any atom is -0.214 e. The van der Waals surface area contributed by atoms with Crippen LogP contribution in [-0.4, -0.2) is 20.9 Å². The normalized spacial score (nSPS) is 11.1. The molecule has 0 aliphatic rings. The summed E-state index contributed by atoms with van der Waals surface area (Å²) in [5.41, 5.74) is -0.833. The van der Waals surface area contributed by atoms with E-state index in [4.69, 9.17) is 11.6 Å². The molecule has 0 bridgehead atoms. The number of nitrogens with zero attached hydrogens (tertiary/aromatic N) is 3. The number of rotatable bonds is 4. The fourth-order valence-electron chi connectivity index (χ4n) is 1.56. The van der Waals surface area contributed by atoms with Crippen LogP contribution in [0.3, 0.4) is 0 Å². The second-order valence-electron chi connectivity index (χ2n) is 3.87. The Balaban J connectivity index is 2.50. The Kier molecular flexibility index (Phi) is 4.22. The monoisotopic (exact) mass is 311 g/mol. The summed E-state index contributed by atoms with van der Waals surface area (Å²) in [5, 5.41) is 6.94. The van der Waals surface area contributed by atoms with Crippen LogP contribution in [-0.2, 0) is 6.42 Å². The topological polar surface area (TPSA) is 30.7 Å². The molecule has 0 N–H and O–H groups in total. The molecule has 3 nitrogen and oxygen atoms in total. The van der Waals surface area contributed by atoms with Crippen LogP contribution in [0.25, 0.3) is 5.69 Å². The number of hydrogen-bond donors (Lipinski definition) is 0. The van der Waals surface area contributed by atoms with Crippen LogP contribution in [0.5, 0.6) is 0 Å². The molecule has 0 saturated heterocycles. The Morgan fingerprint density at radius 1 is 0.950 bits per heavy atom. The summed E-state index contributed by atoms with van der Waals surface area (Å²) >= 11 is 5.47. The van der Waals surface area contributed by atoms with Crippen LogP contribution in [0, 0.1) is 29.1 Å². The molecule has 1 heterocycles. The third-order valence-electron chi connectivity index (χ3n) is 2.52. The van der Waals surface area contributed by atoms with E-state index < -0.39 is 34.8 Å². The van der Waals surface area contributed by atoms with E-state index >= 15 is 0 Å². The predicted octanol–water partition coefficient (Wildman–Crippen LogP) is 3.13. The zero-order valence-electron chi connectivity index (χ0n) is 9.81. The first-order valence-electron chi connectivity index (χ1n) is 5.46. The summed E-state index contributed by atoms with van der Waals surface area (Å²) in [4.78, 5) is 0. The van der Waals surface area contributed by atoms with E-state index in [1.807, 2.05) is 0 Å². The Hall–Kier alpha value is -1.70. The van der Waals surface area contributed by atoms with Gasteiger partial charge < -0.3 is 0 Å². The summed E-state index contributed by atoms with van der Waals surface area (Å²) in [6.07, 6.45) is 2.00. The molecule has 20 heavy (non-hydrogen) atoms. The Labute approximate surface area is 115 Å². The number of alkyl halides is 1. The van der Waals surface area contributed by atoms with Crippen molar-refractivity contribution in [1.29, 1.82) is 0 Å². The third-order valence-corrected chi connectivity index (χ3v) is 2.79. The van der Waals surface area contributed by atoms with Crippen LogP contribution in [0.1, 0.15) is 12.1 Å². The van der Waals surface area contributed by atoms with Gasteiger partial charge in [0.25, 0.3) is 0 Å². The first-order chi connectivity index (χ1) is 9.47. The molecule has 0 atom stereocenters. The van der Waals surface area contributed by atoms with Gasteiger partial charge in [-0.05, 0) is 12.8 Å². The molecule has 2 rings (SSSR count). The van der Waals surface area contributed by atoms with E-state index in [1.54, 1.807) is 0 Å². The average molecular weight is 312 g/mol. The fourth-order valence-corrected chi connectivity index (χ4v) is 1.70. The highest BCUT2D eigenvalue weighted by atomic mass is 35.5. The van der Waals surface area contributed by atoms with Gasteiger partial charge >= 0.3 is 0 Å². The second-order valence-corrected chi connectivity index (χ2v) is 4.24. The largest absolute Gasteiger partial charge is 0.214 e. The van der Waals surface area contributed by atoms with E-state index in [9.17, 15) is 22.0 Å². The van der Waals surface area contributed by atoms with E-state index in [-0.39, 0.29) is 0 Å². The Morgan fingerprint density at radius 2 is 1.50 bits per heavy atom. The molecule has 9 heteroatoms. The van der Waals surface area contributed by atoms with Crippen LogP contribution in [0.2, 0.25) is 0 Å². The van der Waals surface area contributed by atoms with E-state index in [2.05, 4.69) is 10.3 Å². The van der Waals surface area contributed by atoms with Gasteiger partial charge in [-0.2, -0.15) is 0 Å². The molecule has 0 amide bonds. The van der Waals surface area contributed by atoms with Crippen molar-refractivity contribution in [3.05, 3.63) is 41.0 Å². The molecule has 0 saturated carbocycles. The molecule has 0 aliphatic heterocycles. The van der Waals surface area contributed by atoms with E-state index in [1.165, 1.54) is 0 Å². The predicted molar refractivity (Wildman–Crippen MR) is 60.2 cm³/mol. The minimum atomic E-state index is -2.22. The first-order valence-corrected chi connectivity index (χ1v) is 5.99. The van der Waals surface area contributed by atoms with Crippen molar-refractivity contribution in [2.24, 2.45) is 0 Å². The number of hydrogen-bond acceptors (Lipinski definition) is 2. The van der Waals surface area contributed by atoms with Gasteiger partial charge in [0.05, 0.1) is 11.9 Å².